The van der Waals surface area contributed by atoms with Gasteiger partial charge in [-0.05, 0) is 83.1 Å². The van der Waals surface area contributed by atoms with E-state index in [-0.39, 0.29) is 11.8 Å². The second-order valence-electron chi connectivity index (χ2n) is 11.1. The van der Waals surface area contributed by atoms with Crippen molar-refractivity contribution in [3.63, 3.8) is 0 Å². The average Bonchev–Trinajstić information content (AvgIpc) is 3.59. The third-order valence-electron chi connectivity index (χ3n) is 8.80. The third-order valence-corrected chi connectivity index (χ3v) is 8.80. The summed E-state index contributed by atoms with van der Waals surface area (Å²) in [5.74, 6) is 0.543. The molecule has 0 bridgehead atoms. The van der Waals surface area contributed by atoms with Crippen molar-refractivity contribution in [2.75, 3.05) is 4.90 Å². The topological polar surface area (TPSA) is 29.3 Å². The minimum absolute atomic E-state index is 0.255. The molecule has 2 heterocycles. The molecule has 43 heavy (non-hydrogen) atoms. The van der Waals surface area contributed by atoms with Crippen LogP contribution in [0, 0.1) is 0 Å². The van der Waals surface area contributed by atoms with Gasteiger partial charge in [0.15, 0.2) is 0 Å². The summed E-state index contributed by atoms with van der Waals surface area (Å²) in [5, 5.41) is 4.64. The molecule has 8 rings (SSSR count). The number of aromatic nitrogens is 1. The molecule has 206 valence electrons. The Morgan fingerprint density at radius 2 is 1.47 bits per heavy atom. The molecule has 2 atom stereocenters. The summed E-state index contributed by atoms with van der Waals surface area (Å²) in [7, 11) is 0. The molecule has 2 unspecified atom stereocenters. The Labute approximate surface area is 251 Å². The first-order valence-corrected chi connectivity index (χ1v) is 14.8. The predicted molar refractivity (Wildman–Crippen MR) is 180 cm³/mol. The van der Waals surface area contributed by atoms with Crippen molar-refractivity contribution in [3.8, 4) is 11.1 Å². The van der Waals surface area contributed by atoms with Gasteiger partial charge >= 0.3 is 0 Å². The van der Waals surface area contributed by atoms with Crippen LogP contribution < -0.4 is 4.90 Å². The molecule has 0 fully saturated rings. The van der Waals surface area contributed by atoms with E-state index in [1.807, 2.05) is 6.07 Å². The van der Waals surface area contributed by atoms with Gasteiger partial charge < -0.3 is 9.32 Å². The molecule has 7 aromatic rings. The summed E-state index contributed by atoms with van der Waals surface area (Å²) in [5.41, 5.74) is 9.88. The minimum Gasteiger partial charge on any atom is -0.438 e. The van der Waals surface area contributed by atoms with Crippen LogP contribution in [0.25, 0.3) is 44.0 Å². The molecule has 0 aliphatic heterocycles. The molecular formula is C40H30N2O. The molecular weight excluding hydrogens is 524 g/mol. The number of benzene rings is 5. The standard InChI is InChI=1S/C40H30N2O/c1-3-10-31-30(4-2)33-21-22-37(35-14-8-13-32(31)39(33)35)42(28-18-16-27(17-19-28)26-11-6-5-7-12-26)29-20-23-38-36(25-29)34-15-9-24-41-40(34)43-38/h3-25,30-31H,2H2,1H3/b10-3-. The van der Waals surface area contributed by atoms with Gasteiger partial charge in [-0.25, -0.2) is 4.98 Å². The van der Waals surface area contributed by atoms with Crippen LogP contribution in [0.15, 0.2) is 151 Å². The number of nitrogens with zero attached hydrogens (tertiary/aromatic N) is 2. The lowest BCUT2D eigenvalue weighted by Crippen LogP contribution is -2.10. The van der Waals surface area contributed by atoms with E-state index in [4.69, 9.17) is 4.42 Å². The molecule has 5 aromatic carbocycles. The van der Waals surface area contributed by atoms with E-state index in [0.717, 1.165) is 33.4 Å². The fourth-order valence-electron chi connectivity index (χ4n) is 6.89. The van der Waals surface area contributed by atoms with E-state index in [0.29, 0.717) is 5.71 Å². The third kappa shape index (κ3) is 4.00. The highest BCUT2D eigenvalue weighted by atomic mass is 16.3. The number of rotatable bonds is 6. The van der Waals surface area contributed by atoms with E-state index >= 15 is 0 Å². The summed E-state index contributed by atoms with van der Waals surface area (Å²) < 4.78 is 6.09. The molecule has 1 aliphatic rings. The molecule has 0 amide bonds. The normalized spacial score (nSPS) is 16.0. The van der Waals surface area contributed by atoms with E-state index in [9.17, 15) is 0 Å². The van der Waals surface area contributed by atoms with Crippen LogP contribution in [-0.4, -0.2) is 4.98 Å². The van der Waals surface area contributed by atoms with Crippen LogP contribution in [0.1, 0.15) is 29.9 Å². The minimum atomic E-state index is 0.255. The van der Waals surface area contributed by atoms with Gasteiger partial charge in [0, 0.05) is 45.6 Å². The van der Waals surface area contributed by atoms with Crippen LogP contribution in [0.2, 0.25) is 0 Å². The zero-order chi connectivity index (χ0) is 28.9. The first-order valence-electron chi connectivity index (χ1n) is 14.8. The van der Waals surface area contributed by atoms with Crippen molar-refractivity contribution in [1.82, 2.24) is 4.98 Å². The summed E-state index contributed by atoms with van der Waals surface area (Å²) in [6, 6.07) is 41.2. The molecule has 0 radical (unpaired) electrons. The maximum Gasteiger partial charge on any atom is 0.227 e. The fraction of sp³-hybridized carbons (Fsp3) is 0.0750. The van der Waals surface area contributed by atoms with E-state index in [1.54, 1.807) is 6.20 Å². The number of anilines is 3. The molecule has 0 N–H and O–H groups in total. The number of furan rings is 1. The SMILES string of the molecule is C=CC1c2ccc(N(c3ccc(-c4ccccc4)cc3)c3ccc4oc5ncccc5c4c3)c3cccc(c23)C1/C=C\C. The van der Waals surface area contributed by atoms with Crippen LogP contribution in [0.3, 0.4) is 0 Å². The zero-order valence-electron chi connectivity index (χ0n) is 23.9. The lowest BCUT2D eigenvalue weighted by molar-refractivity contribution is 0.654. The Morgan fingerprint density at radius 1 is 0.698 bits per heavy atom. The molecule has 1 aliphatic carbocycles. The fourth-order valence-corrected chi connectivity index (χ4v) is 6.89. The second kappa shape index (κ2) is 10.1. The summed E-state index contributed by atoms with van der Waals surface area (Å²) >= 11 is 0. The molecule has 0 spiro atoms. The largest absolute Gasteiger partial charge is 0.438 e. The van der Waals surface area contributed by atoms with Crippen molar-refractivity contribution >= 4 is 49.9 Å². The number of fused-ring (bicyclic) bond motifs is 3. The van der Waals surface area contributed by atoms with Gasteiger partial charge in [0.25, 0.3) is 0 Å². The smallest absolute Gasteiger partial charge is 0.227 e. The zero-order valence-corrected chi connectivity index (χ0v) is 23.9. The number of allylic oxidation sites excluding steroid dienone is 3. The maximum atomic E-state index is 6.09. The Balaban J connectivity index is 1.36. The van der Waals surface area contributed by atoms with Crippen molar-refractivity contribution in [2.24, 2.45) is 0 Å². The van der Waals surface area contributed by atoms with E-state index in [1.165, 1.54) is 33.0 Å². The highest BCUT2D eigenvalue weighted by Gasteiger charge is 2.32. The number of hydrogen-bond acceptors (Lipinski definition) is 3. The highest BCUT2D eigenvalue weighted by molar-refractivity contribution is 6.08. The Kier molecular flexibility index (Phi) is 5.97. The van der Waals surface area contributed by atoms with Gasteiger partial charge in [-0.1, -0.05) is 85.0 Å². The summed E-state index contributed by atoms with van der Waals surface area (Å²) in [6.07, 6.45) is 8.35. The van der Waals surface area contributed by atoms with E-state index in [2.05, 4.69) is 151 Å². The van der Waals surface area contributed by atoms with Crippen LogP contribution in [0.4, 0.5) is 17.1 Å². The first kappa shape index (κ1) is 25.3. The molecule has 0 saturated heterocycles. The monoisotopic (exact) mass is 554 g/mol. The maximum absolute atomic E-state index is 6.09. The molecule has 2 aromatic heterocycles. The van der Waals surface area contributed by atoms with E-state index < -0.39 is 0 Å². The van der Waals surface area contributed by atoms with Crippen LogP contribution in [0.5, 0.6) is 0 Å². The lowest BCUT2D eigenvalue weighted by atomic mass is 9.89. The predicted octanol–water partition coefficient (Wildman–Crippen LogP) is 11.2. The van der Waals surface area contributed by atoms with Crippen molar-refractivity contribution < 1.29 is 4.42 Å². The van der Waals surface area contributed by atoms with Gasteiger partial charge in [-0.2, -0.15) is 0 Å². The number of hydrogen-bond donors (Lipinski definition) is 0. The van der Waals surface area contributed by atoms with Crippen molar-refractivity contribution in [2.45, 2.75) is 18.8 Å². The molecule has 3 heteroatoms. The van der Waals surface area contributed by atoms with Gasteiger partial charge in [0.1, 0.15) is 5.58 Å². The Bertz CT molecular complexity index is 2170. The molecule has 0 saturated carbocycles. The van der Waals surface area contributed by atoms with Crippen molar-refractivity contribution in [1.29, 1.82) is 0 Å². The second-order valence-corrected chi connectivity index (χ2v) is 11.1. The van der Waals surface area contributed by atoms with Crippen molar-refractivity contribution in [3.05, 3.63) is 157 Å². The Morgan fingerprint density at radius 3 is 2.28 bits per heavy atom. The number of pyridine rings is 1. The summed E-state index contributed by atoms with van der Waals surface area (Å²) in [4.78, 5) is 6.83. The van der Waals surface area contributed by atoms with Crippen LogP contribution >= 0.6 is 0 Å². The first-order chi connectivity index (χ1) is 21.2. The average molecular weight is 555 g/mol. The van der Waals surface area contributed by atoms with Gasteiger partial charge in [0.05, 0.1) is 5.69 Å². The summed E-state index contributed by atoms with van der Waals surface area (Å²) in [6.45, 7) is 6.32. The molecule has 3 nitrogen and oxygen atoms in total. The lowest BCUT2D eigenvalue weighted by Gasteiger charge is -2.27. The van der Waals surface area contributed by atoms with Gasteiger partial charge in [0.2, 0.25) is 5.71 Å². The van der Waals surface area contributed by atoms with Gasteiger partial charge in [-0.15, -0.1) is 6.58 Å². The van der Waals surface area contributed by atoms with Gasteiger partial charge in [-0.3, -0.25) is 0 Å². The quantitative estimate of drug-likeness (QED) is 0.191. The van der Waals surface area contributed by atoms with Crippen LogP contribution in [-0.2, 0) is 0 Å². The Hall–Kier alpha value is -5.41. The highest BCUT2D eigenvalue weighted by Crippen LogP contribution is 2.51.